The highest BCUT2D eigenvalue weighted by molar-refractivity contribution is 5.77. The first-order valence-corrected chi connectivity index (χ1v) is 6.41. The predicted molar refractivity (Wildman–Crippen MR) is 67.2 cm³/mol. The maximum atomic E-state index is 12.1. The second-order valence-electron chi connectivity index (χ2n) is 5.77. The molecule has 1 aliphatic rings. The summed E-state index contributed by atoms with van der Waals surface area (Å²) >= 11 is 0. The number of rotatable bonds is 3. The number of carbonyl (C=O) groups excluding carboxylic acids is 1. The molecule has 1 aromatic heterocycles. The molecule has 1 aliphatic heterocycles. The van der Waals surface area contributed by atoms with Crippen LogP contribution in [0.15, 0.2) is 17.0 Å². The second-order valence-corrected chi connectivity index (χ2v) is 5.77. The van der Waals surface area contributed by atoms with Gasteiger partial charge in [0.25, 0.3) is 0 Å². The predicted octanol–water partition coefficient (Wildman–Crippen LogP) is 1.03. The maximum Gasteiger partial charge on any atom is 0.324 e. The Balaban J connectivity index is 2.06. The van der Waals surface area contributed by atoms with Crippen LogP contribution in [-0.4, -0.2) is 34.2 Å². The SMILES string of the molecule is CC(C)(C)OC(=O)C1NCCC1C(O)c1cnco1. The van der Waals surface area contributed by atoms with Crippen LogP contribution >= 0.6 is 0 Å². The van der Waals surface area contributed by atoms with Crippen molar-refractivity contribution in [3.8, 4) is 0 Å². The Morgan fingerprint density at radius 1 is 1.63 bits per heavy atom. The summed E-state index contributed by atoms with van der Waals surface area (Å²) in [5.41, 5.74) is -0.539. The molecule has 2 N–H and O–H groups in total. The molecule has 3 atom stereocenters. The van der Waals surface area contributed by atoms with Crippen LogP contribution in [0.4, 0.5) is 0 Å². The summed E-state index contributed by atoms with van der Waals surface area (Å²) in [6, 6.07) is -0.515. The van der Waals surface area contributed by atoms with Gasteiger partial charge in [-0.3, -0.25) is 4.79 Å². The number of aliphatic hydroxyl groups is 1. The molecular weight excluding hydrogens is 248 g/mol. The summed E-state index contributed by atoms with van der Waals surface area (Å²) in [5, 5.41) is 13.3. The van der Waals surface area contributed by atoms with E-state index in [0.29, 0.717) is 18.7 Å². The third-order valence-electron chi connectivity index (χ3n) is 3.08. The average Bonchev–Trinajstić information content (AvgIpc) is 2.97. The van der Waals surface area contributed by atoms with E-state index in [1.807, 2.05) is 20.8 Å². The number of nitrogens with one attached hydrogen (secondary N) is 1. The standard InChI is InChI=1S/C13H20N2O4/c1-13(2,3)19-12(17)10-8(4-5-15-10)11(16)9-6-14-7-18-9/h6-8,10-11,15-16H,4-5H2,1-3H3. The van der Waals surface area contributed by atoms with Crippen LogP contribution in [0.5, 0.6) is 0 Å². The molecule has 0 aliphatic carbocycles. The zero-order valence-electron chi connectivity index (χ0n) is 11.4. The van der Waals surface area contributed by atoms with Gasteiger partial charge in [-0.25, -0.2) is 4.98 Å². The quantitative estimate of drug-likeness (QED) is 0.796. The maximum absolute atomic E-state index is 12.1. The summed E-state index contributed by atoms with van der Waals surface area (Å²) < 4.78 is 10.5. The minimum atomic E-state index is -0.852. The largest absolute Gasteiger partial charge is 0.459 e. The molecule has 106 valence electrons. The summed E-state index contributed by atoms with van der Waals surface area (Å²) in [4.78, 5) is 15.9. The number of hydrogen-bond donors (Lipinski definition) is 2. The van der Waals surface area contributed by atoms with Crippen molar-refractivity contribution in [3.05, 3.63) is 18.4 Å². The van der Waals surface area contributed by atoms with Gasteiger partial charge in [-0.15, -0.1) is 0 Å². The van der Waals surface area contributed by atoms with Gasteiger partial charge in [0.15, 0.2) is 12.2 Å². The van der Waals surface area contributed by atoms with Gasteiger partial charge < -0.3 is 19.6 Å². The van der Waals surface area contributed by atoms with E-state index < -0.39 is 17.7 Å². The van der Waals surface area contributed by atoms with E-state index in [1.54, 1.807) is 0 Å². The highest BCUT2D eigenvalue weighted by Crippen LogP contribution is 2.31. The van der Waals surface area contributed by atoms with Crippen LogP contribution in [0.3, 0.4) is 0 Å². The number of aromatic nitrogens is 1. The lowest BCUT2D eigenvalue weighted by Gasteiger charge is -2.26. The molecule has 0 amide bonds. The minimum Gasteiger partial charge on any atom is -0.459 e. The molecular formula is C13H20N2O4. The molecule has 2 rings (SSSR count). The van der Waals surface area contributed by atoms with Gasteiger partial charge in [-0.2, -0.15) is 0 Å². The fourth-order valence-corrected chi connectivity index (χ4v) is 2.27. The lowest BCUT2D eigenvalue weighted by atomic mass is 9.93. The zero-order chi connectivity index (χ0) is 14.0. The number of hydrogen-bond acceptors (Lipinski definition) is 6. The Morgan fingerprint density at radius 3 is 2.95 bits per heavy atom. The van der Waals surface area contributed by atoms with E-state index in [0.717, 1.165) is 0 Å². The Labute approximate surface area is 112 Å². The van der Waals surface area contributed by atoms with Crippen molar-refractivity contribution in [1.29, 1.82) is 0 Å². The summed E-state index contributed by atoms with van der Waals surface area (Å²) in [7, 11) is 0. The van der Waals surface area contributed by atoms with E-state index in [9.17, 15) is 9.90 Å². The second kappa shape index (κ2) is 5.30. The van der Waals surface area contributed by atoms with Gasteiger partial charge in [-0.1, -0.05) is 0 Å². The van der Waals surface area contributed by atoms with Crippen molar-refractivity contribution in [1.82, 2.24) is 10.3 Å². The van der Waals surface area contributed by atoms with Crippen molar-refractivity contribution in [2.24, 2.45) is 5.92 Å². The molecule has 0 saturated carbocycles. The van der Waals surface area contributed by atoms with Crippen molar-refractivity contribution >= 4 is 5.97 Å². The van der Waals surface area contributed by atoms with Crippen LogP contribution < -0.4 is 5.32 Å². The molecule has 19 heavy (non-hydrogen) atoms. The Morgan fingerprint density at radius 2 is 2.37 bits per heavy atom. The van der Waals surface area contributed by atoms with E-state index >= 15 is 0 Å². The molecule has 1 saturated heterocycles. The van der Waals surface area contributed by atoms with Gasteiger partial charge in [0.1, 0.15) is 17.7 Å². The average molecular weight is 268 g/mol. The lowest BCUT2D eigenvalue weighted by Crippen LogP contribution is -2.42. The molecule has 0 spiro atoms. The van der Waals surface area contributed by atoms with Crippen LogP contribution in [0.1, 0.15) is 39.1 Å². The molecule has 2 heterocycles. The van der Waals surface area contributed by atoms with Crippen LogP contribution in [-0.2, 0) is 9.53 Å². The summed E-state index contributed by atoms with van der Waals surface area (Å²) in [6.45, 7) is 6.13. The Kier molecular flexibility index (Phi) is 3.91. The highest BCUT2D eigenvalue weighted by atomic mass is 16.6. The first-order valence-electron chi connectivity index (χ1n) is 6.41. The topological polar surface area (TPSA) is 84.6 Å². The van der Waals surface area contributed by atoms with Gasteiger partial charge in [-0.05, 0) is 33.7 Å². The number of esters is 1. The Bertz CT molecular complexity index is 424. The number of aliphatic hydroxyl groups excluding tert-OH is 1. The van der Waals surface area contributed by atoms with Gasteiger partial charge in [0.05, 0.1) is 6.20 Å². The van der Waals surface area contributed by atoms with Crippen LogP contribution in [0.2, 0.25) is 0 Å². The third kappa shape index (κ3) is 3.33. The lowest BCUT2D eigenvalue weighted by molar-refractivity contribution is -0.159. The van der Waals surface area contributed by atoms with Crippen LogP contribution in [0, 0.1) is 5.92 Å². The Hall–Kier alpha value is -1.40. The third-order valence-corrected chi connectivity index (χ3v) is 3.08. The molecule has 1 fully saturated rings. The number of ether oxygens (including phenoxy) is 1. The number of oxazole rings is 1. The summed E-state index contributed by atoms with van der Waals surface area (Å²) in [5.74, 6) is -0.223. The molecule has 3 unspecified atom stereocenters. The molecule has 6 heteroatoms. The van der Waals surface area contributed by atoms with Crippen molar-refractivity contribution in [3.63, 3.8) is 0 Å². The monoisotopic (exact) mass is 268 g/mol. The van der Waals surface area contributed by atoms with Crippen LogP contribution in [0.25, 0.3) is 0 Å². The number of nitrogens with zero attached hydrogens (tertiary/aromatic N) is 1. The zero-order valence-corrected chi connectivity index (χ0v) is 11.4. The minimum absolute atomic E-state index is 0.261. The first kappa shape index (κ1) is 14.0. The smallest absolute Gasteiger partial charge is 0.324 e. The normalized spacial score (nSPS) is 25.3. The molecule has 1 aromatic rings. The van der Waals surface area contributed by atoms with Crippen molar-refractivity contribution in [2.45, 2.75) is 44.9 Å². The number of carbonyl (C=O) groups is 1. The first-order chi connectivity index (χ1) is 8.88. The molecule has 6 nitrogen and oxygen atoms in total. The molecule has 0 radical (unpaired) electrons. The van der Waals surface area contributed by atoms with Gasteiger partial charge in [0, 0.05) is 5.92 Å². The van der Waals surface area contributed by atoms with E-state index in [1.165, 1.54) is 12.6 Å². The van der Waals surface area contributed by atoms with Gasteiger partial charge in [0.2, 0.25) is 0 Å². The van der Waals surface area contributed by atoms with E-state index in [2.05, 4.69) is 10.3 Å². The van der Waals surface area contributed by atoms with E-state index in [-0.39, 0.29) is 11.9 Å². The summed E-state index contributed by atoms with van der Waals surface area (Å²) in [6.07, 6.45) is 2.57. The molecule has 0 bridgehead atoms. The van der Waals surface area contributed by atoms with Crippen molar-refractivity contribution < 1.29 is 19.1 Å². The van der Waals surface area contributed by atoms with Gasteiger partial charge >= 0.3 is 5.97 Å². The fourth-order valence-electron chi connectivity index (χ4n) is 2.27. The highest BCUT2D eigenvalue weighted by Gasteiger charge is 2.41. The fraction of sp³-hybridized carbons (Fsp3) is 0.692. The van der Waals surface area contributed by atoms with E-state index in [4.69, 9.17) is 9.15 Å². The van der Waals surface area contributed by atoms with Crippen molar-refractivity contribution in [2.75, 3.05) is 6.54 Å². The molecule has 0 aromatic carbocycles.